The van der Waals surface area contributed by atoms with Crippen LogP contribution in [0.4, 0.5) is 24.1 Å². The summed E-state index contributed by atoms with van der Waals surface area (Å²) in [5.74, 6) is -2.64. The van der Waals surface area contributed by atoms with Crippen LogP contribution < -0.4 is 10.6 Å². The van der Waals surface area contributed by atoms with Gasteiger partial charge in [0.05, 0.1) is 0 Å². The van der Waals surface area contributed by atoms with Gasteiger partial charge in [-0.3, -0.25) is 9.59 Å². The SMILES string of the molecule is CNC(=O)Nc1ccc2c(c1)CC[C@@]21OC(=O)N(CC(=O)N2Cc3cc(F)c(F)cc3CC[C@H]2C2CC2)C1=O. The number of carbonyl (C=O) groups excluding carboxylic acids is 4. The van der Waals surface area contributed by atoms with E-state index in [4.69, 9.17) is 4.74 Å². The van der Waals surface area contributed by atoms with Crippen LogP contribution in [0, 0.1) is 17.6 Å². The number of imide groups is 1. The van der Waals surface area contributed by atoms with Crippen LogP contribution in [0.1, 0.15) is 47.9 Å². The van der Waals surface area contributed by atoms with Crippen molar-refractivity contribution >= 4 is 29.6 Å². The Morgan fingerprint density at radius 1 is 1.03 bits per heavy atom. The van der Waals surface area contributed by atoms with Crippen LogP contribution >= 0.6 is 0 Å². The van der Waals surface area contributed by atoms with E-state index in [2.05, 4.69) is 10.6 Å². The van der Waals surface area contributed by atoms with Crippen molar-refractivity contribution in [2.75, 3.05) is 18.9 Å². The zero-order valence-corrected chi connectivity index (χ0v) is 21.4. The number of rotatable bonds is 4. The second kappa shape index (κ2) is 9.32. The fourth-order valence-corrected chi connectivity index (χ4v) is 6.16. The molecule has 2 aromatic rings. The number of hydrogen-bond donors (Lipinski definition) is 2. The molecule has 11 heteroatoms. The predicted octanol–water partition coefficient (Wildman–Crippen LogP) is 3.59. The first-order valence-corrected chi connectivity index (χ1v) is 13.1. The Balaban J connectivity index is 1.23. The molecule has 9 nitrogen and oxygen atoms in total. The zero-order valence-electron chi connectivity index (χ0n) is 21.4. The van der Waals surface area contributed by atoms with Crippen molar-refractivity contribution in [3.05, 3.63) is 64.2 Å². The lowest BCUT2D eigenvalue weighted by Gasteiger charge is -2.31. The zero-order chi connectivity index (χ0) is 27.5. The van der Waals surface area contributed by atoms with E-state index in [-0.39, 0.29) is 31.0 Å². The quantitative estimate of drug-likeness (QED) is 0.619. The molecule has 1 saturated heterocycles. The van der Waals surface area contributed by atoms with Crippen LogP contribution in [-0.4, -0.2) is 53.4 Å². The lowest BCUT2D eigenvalue weighted by Crippen LogP contribution is -2.48. The molecule has 6 rings (SSSR count). The number of aryl methyl sites for hydroxylation is 2. The number of fused-ring (bicyclic) bond motifs is 3. The molecular weight excluding hydrogens is 510 g/mol. The van der Waals surface area contributed by atoms with Gasteiger partial charge in [-0.25, -0.2) is 23.3 Å². The topological polar surface area (TPSA) is 108 Å². The van der Waals surface area contributed by atoms with Crippen LogP contribution in [0.3, 0.4) is 0 Å². The number of hydrogen-bond acceptors (Lipinski definition) is 5. The normalized spacial score (nSPS) is 23.8. The minimum Gasteiger partial charge on any atom is -0.427 e. The van der Waals surface area contributed by atoms with Crippen molar-refractivity contribution < 1.29 is 32.7 Å². The van der Waals surface area contributed by atoms with E-state index in [1.54, 1.807) is 23.1 Å². The molecular formula is C28H28F2N4O5. The van der Waals surface area contributed by atoms with Crippen molar-refractivity contribution in [1.82, 2.24) is 15.1 Å². The van der Waals surface area contributed by atoms with E-state index in [0.29, 0.717) is 41.6 Å². The van der Waals surface area contributed by atoms with E-state index >= 15 is 0 Å². The van der Waals surface area contributed by atoms with Crippen LogP contribution in [0.5, 0.6) is 0 Å². The largest absolute Gasteiger partial charge is 0.427 e. The average molecular weight is 539 g/mol. The number of benzene rings is 2. The lowest BCUT2D eigenvalue weighted by atomic mass is 9.94. The lowest BCUT2D eigenvalue weighted by molar-refractivity contribution is -0.143. The Morgan fingerprint density at radius 3 is 2.49 bits per heavy atom. The second-order valence-corrected chi connectivity index (χ2v) is 10.7. The van der Waals surface area contributed by atoms with Crippen molar-refractivity contribution in [1.29, 1.82) is 0 Å². The molecule has 2 heterocycles. The highest BCUT2D eigenvalue weighted by Crippen LogP contribution is 2.46. The first kappa shape index (κ1) is 25.3. The summed E-state index contributed by atoms with van der Waals surface area (Å²) < 4.78 is 33.6. The van der Waals surface area contributed by atoms with Gasteiger partial charge < -0.3 is 20.3 Å². The van der Waals surface area contributed by atoms with E-state index in [1.807, 2.05) is 0 Å². The summed E-state index contributed by atoms with van der Waals surface area (Å²) in [5.41, 5.74) is 1.53. The highest BCUT2D eigenvalue weighted by Gasteiger charge is 2.58. The van der Waals surface area contributed by atoms with E-state index < -0.39 is 41.7 Å². The number of halogens is 2. The van der Waals surface area contributed by atoms with Crippen molar-refractivity contribution in [2.45, 2.75) is 56.7 Å². The maximum atomic E-state index is 14.0. The third-order valence-electron chi connectivity index (χ3n) is 8.32. The maximum absolute atomic E-state index is 14.0. The van der Waals surface area contributed by atoms with Crippen LogP contribution in [-0.2, 0) is 39.3 Å². The van der Waals surface area contributed by atoms with Crippen LogP contribution in [0.25, 0.3) is 0 Å². The fourth-order valence-electron chi connectivity index (χ4n) is 6.16. The van der Waals surface area contributed by atoms with Gasteiger partial charge >= 0.3 is 12.1 Å². The minimum atomic E-state index is -1.51. The second-order valence-electron chi connectivity index (χ2n) is 10.7. The van der Waals surface area contributed by atoms with E-state index in [9.17, 15) is 28.0 Å². The first-order chi connectivity index (χ1) is 18.7. The molecule has 0 bridgehead atoms. The number of nitrogens with one attached hydrogen (secondary N) is 2. The maximum Gasteiger partial charge on any atom is 0.418 e. The molecule has 2 atom stereocenters. The molecule has 1 spiro atoms. The summed E-state index contributed by atoms with van der Waals surface area (Å²) in [6.45, 7) is -0.411. The molecule has 2 fully saturated rings. The third kappa shape index (κ3) is 4.29. The average Bonchev–Trinajstić information content (AvgIpc) is 3.68. The first-order valence-electron chi connectivity index (χ1n) is 13.1. The summed E-state index contributed by atoms with van der Waals surface area (Å²) >= 11 is 0. The molecule has 4 aliphatic rings. The van der Waals surface area contributed by atoms with Crippen LogP contribution in [0.2, 0.25) is 0 Å². The summed E-state index contributed by atoms with van der Waals surface area (Å²) in [6.07, 6.45) is 2.81. The smallest absolute Gasteiger partial charge is 0.418 e. The predicted molar refractivity (Wildman–Crippen MR) is 134 cm³/mol. The highest BCUT2D eigenvalue weighted by molar-refractivity contribution is 6.06. The molecule has 0 radical (unpaired) electrons. The van der Waals surface area contributed by atoms with Gasteiger partial charge in [-0.05, 0) is 79.0 Å². The monoisotopic (exact) mass is 538 g/mol. The standard InChI is InChI=1S/C28H28F2N4O5/c1-31-26(37)32-19-5-6-20-17(10-19)8-9-28(20)25(36)34(27(38)39-28)14-24(35)33-13-18-12-22(30)21(29)11-16(18)4-7-23(33)15-2-3-15/h5-6,10-12,15,23H,2-4,7-9,13-14H2,1H3,(H2,31,32,37)/t23-,28+/m0/s1. The van der Waals surface area contributed by atoms with Crippen molar-refractivity contribution in [3.63, 3.8) is 0 Å². The van der Waals surface area contributed by atoms with Gasteiger partial charge in [0.1, 0.15) is 6.54 Å². The number of amides is 5. The molecule has 2 aliphatic heterocycles. The molecule has 2 N–H and O–H groups in total. The van der Waals surface area contributed by atoms with Gasteiger partial charge in [0.2, 0.25) is 11.5 Å². The summed E-state index contributed by atoms with van der Waals surface area (Å²) in [4.78, 5) is 54.4. The Morgan fingerprint density at radius 2 is 1.77 bits per heavy atom. The molecule has 0 unspecified atom stereocenters. The summed E-state index contributed by atoms with van der Waals surface area (Å²) in [7, 11) is 1.50. The van der Waals surface area contributed by atoms with E-state index in [0.717, 1.165) is 29.4 Å². The minimum absolute atomic E-state index is 0.0820. The van der Waals surface area contributed by atoms with Gasteiger partial charge in [0.15, 0.2) is 11.6 Å². The number of ether oxygens (including phenoxy) is 1. The van der Waals surface area contributed by atoms with Gasteiger partial charge in [-0.2, -0.15) is 0 Å². The van der Waals surface area contributed by atoms with Gasteiger partial charge in [0, 0.05) is 37.3 Å². The molecule has 1 saturated carbocycles. The Labute approximate surface area is 223 Å². The molecule has 5 amide bonds. The number of anilines is 1. The summed E-state index contributed by atoms with van der Waals surface area (Å²) in [6, 6.07) is 6.83. The Hall–Kier alpha value is -4.02. The number of nitrogens with zero attached hydrogens (tertiary/aromatic N) is 2. The van der Waals surface area contributed by atoms with Gasteiger partial charge in [-0.1, -0.05) is 6.07 Å². The number of carbonyl (C=O) groups is 4. The van der Waals surface area contributed by atoms with E-state index in [1.165, 1.54) is 13.1 Å². The van der Waals surface area contributed by atoms with Gasteiger partial charge in [0.25, 0.3) is 5.91 Å². The highest BCUT2D eigenvalue weighted by atomic mass is 19.2. The summed E-state index contributed by atoms with van der Waals surface area (Å²) in [5, 5.41) is 5.15. The van der Waals surface area contributed by atoms with Crippen molar-refractivity contribution in [3.8, 4) is 0 Å². The molecule has 0 aromatic heterocycles. The molecule has 2 aromatic carbocycles. The van der Waals surface area contributed by atoms with Crippen molar-refractivity contribution in [2.24, 2.45) is 5.92 Å². The molecule has 2 aliphatic carbocycles. The number of urea groups is 1. The van der Waals surface area contributed by atoms with Crippen LogP contribution in [0.15, 0.2) is 30.3 Å². The Kier molecular flexibility index (Phi) is 6.04. The van der Waals surface area contributed by atoms with Gasteiger partial charge in [-0.15, -0.1) is 0 Å². The fraction of sp³-hybridized carbons (Fsp3) is 0.429. The molecule has 39 heavy (non-hydrogen) atoms. The molecule has 204 valence electrons. The Bertz CT molecular complexity index is 1410. The third-order valence-corrected chi connectivity index (χ3v) is 8.32.